The molecule has 0 bridgehead atoms. The topological polar surface area (TPSA) is 104 Å². The summed E-state index contributed by atoms with van der Waals surface area (Å²) in [6, 6.07) is 8.10. The van der Waals surface area contributed by atoms with E-state index in [1.165, 1.54) is 0 Å². The number of carbonyl (C=O) groups is 4. The molecule has 1 aliphatic carbocycles. The monoisotopic (exact) mass is 374 g/mol. The lowest BCUT2D eigenvalue weighted by atomic mass is 10.1. The van der Waals surface area contributed by atoms with E-state index < -0.39 is 17.9 Å². The molecule has 146 valence electrons. The Morgan fingerprint density at radius 3 is 2.30 bits per heavy atom. The molecule has 1 aromatic rings. The van der Waals surface area contributed by atoms with Crippen LogP contribution in [0.15, 0.2) is 30.3 Å². The number of rotatable bonds is 10. The van der Waals surface area contributed by atoms with Crippen LogP contribution in [-0.4, -0.2) is 52.2 Å². The first kappa shape index (κ1) is 20.6. The largest absolute Gasteiger partial charge is 0.481 e. The van der Waals surface area contributed by atoms with Gasteiger partial charge in [0.05, 0.1) is 12.0 Å². The fraction of sp³-hybridized carbons (Fsp3) is 0.500. The Bertz CT molecular complexity index is 700. The average Bonchev–Trinajstić information content (AvgIpc) is 3.48. The van der Waals surface area contributed by atoms with Crippen molar-refractivity contribution in [2.24, 2.45) is 5.92 Å². The minimum atomic E-state index is -0.945. The van der Waals surface area contributed by atoms with Crippen LogP contribution < -0.4 is 5.32 Å². The highest BCUT2D eigenvalue weighted by molar-refractivity contribution is 6.01. The lowest BCUT2D eigenvalue weighted by molar-refractivity contribution is -0.143. The van der Waals surface area contributed by atoms with Gasteiger partial charge in [0.25, 0.3) is 0 Å². The van der Waals surface area contributed by atoms with Crippen molar-refractivity contribution in [2.45, 2.75) is 51.6 Å². The van der Waals surface area contributed by atoms with Crippen molar-refractivity contribution in [3.05, 3.63) is 35.9 Å². The van der Waals surface area contributed by atoms with E-state index in [1.807, 2.05) is 6.07 Å². The number of ketones is 1. The smallest absolute Gasteiger partial charge is 0.308 e. The zero-order chi connectivity index (χ0) is 20.0. The first-order chi connectivity index (χ1) is 12.8. The second kappa shape index (κ2) is 9.30. The maximum Gasteiger partial charge on any atom is 0.308 e. The summed E-state index contributed by atoms with van der Waals surface area (Å²) in [5.41, 5.74) is 0.518. The van der Waals surface area contributed by atoms with Crippen molar-refractivity contribution < 1.29 is 24.3 Å². The Hall–Kier alpha value is -2.70. The van der Waals surface area contributed by atoms with E-state index in [4.69, 9.17) is 5.11 Å². The molecule has 0 heterocycles. The fourth-order valence-electron chi connectivity index (χ4n) is 2.81. The number of nitrogens with zero attached hydrogens (tertiary/aromatic N) is 1. The van der Waals surface area contributed by atoms with Crippen LogP contribution >= 0.6 is 0 Å². The summed E-state index contributed by atoms with van der Waals surface area (Å²) in [6.45, 7) is 3.33. The lowest BCUT2D eigenvalue weighted by Gasteiger charge is -2.24. The van der Waals surface area contributed by atoms with Gasteiger partial charge in [-0.25, -0.2) is 0 Å². The molecule has 0 aliphatic heterocycles. The predicted octanol–water partition coefficient (Wildman–Crippen LogP) is 1.87. The normalized spacial score (nSPS) is 15.5. The molecule has 0 radical (unpaired) electrons. The van der Waals surface area contributed by atoms with Crippen LogP contribution in [0.2, 0.25) is 0 Å². The SMILES string of the molecule is C[C@H](NC(=O)CCC(=O)N(C[C@H](C)C(=O)O)C1CC1)C(=O)c1ccccc1. The molecule has 0 unspecified atom stereocenters. The van der Waals surface area contributed by atoms with Gasteiger partial charge in [-0.15, -0.1) is 0 Å². The molecule has 27 heavy (non-hydrogen) atoms. The van der Waals surface area contributed by atoms with E-state index in [0.717, 1.165) is 12.8 Å². The lowest BCUT2D eigenvalue weighted by Crippen LogP contribution is -2.41. The zero-order valence-electron chi connectivity index (χ0n) is 15.7. The summed E-state index contributed by atoms with van der Waals surface area (Å²) < 4.78 is 0. The van der Waals surface area contributed by atoms with Crippen LogP contribution in [-0.2, 0) is 14.4 Å². The molecule has 1 saturated carbocycles. The minimum absolute atomic E-state index is 0.000913. The van der Waals surface area contributed by atoms with E-state index in [9.17, 15) is 19.2 Å². The van der Waals surface area contributed by atoms with Crippen LogP contribution in [0.4, 0.5) is 0 Å². The number of carboxylic acid groups (broad SMARTS) is 1. The van der Waals surface area contributed by atoms with E-state index in [2.05, 4.69) is 5.32 Å². The molecule has 2 N–H and O–H groups in total. The summed E-state index contributed by atoms with van der Waals surface area (Å²) in [4.78, 5) is 49.4. The molecule has 0 spiro atoms. The maximum absolute atomic E-state index is 12.4. The molecule has 1 fully saturated rings. The fourth-order valence-corrected chi connectivity index (χ4v) is 2.81. The Kier molecular flexibility index (Phi) is 7.10. The number of aliphatic carboxylic acids is 1. The van der Waals surface area contributed by atoms with E-state index in [0.29, 0.717) is 5.56 Å². The number of Topliss-reactive ketones (excluding diaryl/α,β-unsaturated/α-hetero) is 1. The molecule has 0 aromatic heterocycles. The maximum atomic E-state index is 12.4. The standard InChI is InChI=1S/C20H26N2O5/c1-13(20(26)27)12-22(16-8-9-16)18(24)11-10-17(23)21-14(2)19(25)15-6-4-3-5-7-15/h3-7,13-14,16H,8-12H2,1-2H3,(H,21,23)(H,26,27)/t13-,14-/m0/s1. The second-order valence-electron chi connectivity index (χ2n) is 7.04. The van der Waals surface area contributed by atoms with Gasteiger partial charge in [-0.05, 0) is 19.8 Å². The molecular weight excluding hydrogens is 348 g/mol. The molecule has 7 heteroatoms. The number of hydrogen-bond acceptors (Lipinski definition) is 4. The predicted molar refractivity (Wildman–Crippen MR) is 99.1 cm³/mol. The highest BCUT2D eigenvalue weighted by Gasteiger charge is 2.34. The summed E-state index contributed by atoms with van der Waals surface area (Å²) in [7, 11) is 0. The third-order valence-electron chi connectivity index (χ3n) is 4.60. The molecular formula is C20H26N2O5. The Morgan fingerprint density at radius 1 is 1.11 bits per heavy atom. The van der Waals surface area contributed by atoms with Crippen LogP contribution in [0.3, 0.4) is 0 Å². The average molecular weight is 374 g/mol. The molecule has 2 amide bonds. The zero-order valence-corrected chi connectivity index (χ0v) is 15.7. The van der Waals surface area contributed by atoms with Gasteiger partial charge in [0.1, 0.15) is 0 Å². The number of carboxylic acids is 1. The quantitative estimate of drug-likeness (QED) is 0.609. The van der Waals surface area contributed by atoms with Gasteiger partial charge in [-0.2, -0.15) is 0 Å². The number of benzene rings is 1. The molecule has 1 aliphatic rings. The highest BCUT2D eigenvalue weighted by Crippen LogP contribution is 2.28. The number of carbonyl (C=O) groups excluding carboxylic acids is 3. The van der Waals surface area contributed by atoms with E-state index in [-0.39, 0.29) is 43.0 Å². The first-order valence-electron chi connectivity index (χ1n) is 9.20. The molecule has 0 saturated heterocycles. The van der Waals surface area contributed by atoms with Crippen LogP contribution in [0.5, 0.6) is 0 Å². The third kappa shape index (κ3) is 6.20. The summed E-state index contributed by atoms with van der Waals surface area (Å²) in [5.74, 6) is -2.37. The molecule has 2 atom stereocenters. The van der Waals surface area contributed by atoms with Crippen LogP contribution in [0, 0.1) is 5.92 Å². The third-order valence-corrected chi connectivity index (χ3v) is 4.60. The summed E-state index contributed by atoms with van der Waals surface area (Å²) >= 11 is 0. The van der Waals surface area contributed by atoms with Crippen molar-refractivity contribution in [1.29, 1.82) is 0 Å². The van der Waals surface area contributed by atoms with Crippen molar-refractivity contribution in [1.82, 2.24) is 10.2 Å². The number of hydrogen-bond donors (Lipinski definition) is 2. The Morgan fingerprint density at radius 2 is 1.74 bits per heavy atom. The van der Waals surface area contributed by atoms with Gasteiger partial charge in [0, 0.05) is 31.0 Å². The van der Waals surface area contributed by atoms with E-state index >= 15 is 0 Å². The first-order valence-corrected chi connectivity index (χ1v) is 9.20. The van der Waals surface area contributed by atoms with Gasteiger partial charge in [-0.3, -0.25) is 19.2 Å². The van der Waals surface area contributed by atoms with Gasteiger partial charge < -0.3 is 15.3 Å². The van der Waals surface area contributed by atoms with Gasteiger partial charge in [0.15, 0.2) is 5.78 Å². The van der Waals surface area contributed by atoms with Crippen LogP contribution in [0.1, 0.15) is 49.9 Å². The van der Waals surface area contributed by atoms with E-state index in [1.54, 1.807) is 43.0 Å². The Balaban J connectivity index is 1.82. The molecule has 1 aromatic carbocycles. The van der Waals surface area contributed by atoms with Gasteiger partial charge in [0.2, 0.25) is 11.8 Å². The van der Waals surface area contributed by atoms with Gasteiger partial charge >= 0.3 is 5.97 Å². The number of amides is 2. The van der Waals surface area contributed by atoms with Crippen molar-refractivity contribution in [3.63, 3.8) is 0 Å². The van der Waals surface area contributed by atoms with Crippen molar-refractivity contribution in [3.8, 4) is 0 Å². The molecule has 2 rings (SSSR count). The molecule has 7 nitrogen and oxygen atoms in total. The van der Waals surface area contributed by atoms with Crippen molar-refractivity contribution in [2.75, 3.05) is 6.54 Å². The van der Waals surface area contributed by atoms with Crippen LogP contribution in [0.25, 0.3) is 0 Å². The second-order valence-corrected chi connectivity index (χ2v) is 7.04. The van der Waals surface area contributed by atoms with Crippen molar-refractivity contribution >= 4 is 23.6 Å². The summed E-state index contributed by atoms with van der Waals surface area (Å²) in [5, 5.41) is 11.7. The van der Waals surface area contributed by atoms with Gasteiger partial charge in [-0.1, -0.05) is 37.3 Å². The summed E-state index contributed by atoms with van der Waals surface area (Å²) in [6.07, 6.45) is 1.70. The highest BCUT2D eigenvalue weighted by atomic mass is 16.4. The Labute approximate surface area is 158 Å². The minimum Gasteiger partial charge on any atom is -0.481 e. The number of nitrogens with one attached hydrogen (secondary N) is 1.